The predicted molar refractivity (Wildman–Crippen MR) is 99.9 cm³/mol. The zero-order valence-electron chi connectivity index (χ0n) is 15.7. The van der Waals surface area contributed by atoms with Crippen LogP contribution in [0.1, 0.15) is 18.2 Å². The third kappa shape index (κ3) is 4.87. The Bertz CT molecular complexity index is 971. The van der Waals surface area contributed by atoms with E-state index < -0.39 is 17.2 Å². The molecule has 0 aliphatic heterocycles. The second-order valence-electron chi connectivity index (χ2n) is 5.66. The first-order chi connectivity index (χ1) is 12.9. The number of ether oxygens (including phenoxy) is 3. The lowest BCUT2D eigenvalue weighted by atomic mass is 10.2. The fourth-order valence-electron chi connectivity index (χ4n) is 2.34. The molecule has 0 spiro atoms. The Morgan fingerprint density at radius 2 is 1.85 bits per heavy atom. The Labute approximate surface area is 156 Å². The molecule has 1 aromatic carbocycles. The molecular formula is C19H22N2O6. The SMILES string of the molecule is CCOc1ccc(/C=C/C(=O)OCc2cc(=O)n(C)c(=O)n2C)cc1OC. The third-order valence-corrected chi connectivity index (χ3v) is 3.89. The molecule has 8 heteroatoms. The van der Waals surface area contributed by atoms with Crippen LogP contribution in [-0.4, -0.2) is 28.8 Å². The summed E-state index contributed by atoms with van der Waals surface area (Å²) in [5.74, 6) is 0.574. The van der Waals surface area contributed by atoms with Crippen molar-refractivity contribution >= 4 is 12.0 Å². The van der Waals surface area contributed by atoms with Crippen LogP contribution in [0.25, 0.3) is 6.08 Å². The number of methoxy groups -OCH3 is 1. The summed E-state index contributed by atoms with van der Waals surface area (Å²) in [7, 11) is 4.43. The normalized spacial score (nSPS) is 10.8. The van der Waals surface area contributed by atoms with Crippen molar-refractivity contribution in [3.05, 3.63) is 62.4 Å². The molecule has 2 rings (SSSR count). The number of carbonyl (C=O) groups excluding carboxylic acids is 1. The van der Waals surface area contributed by atoms with Crippen LogP contribution in [0.5, 0.6) is 11.5 Å². The van der Waals surface area contributed by atoms with Gasteiger partial charge in [-0.05, 0) is 30.7 Å². The summed E-state index contributed by atoms with van der Waals surface area (Å²) in [6.45, 7) is 2.21. The van der Waals surface area contributed by atoms with E-state index in [0.717, 1.165) is 10.1 Å². The van der Waals surface area contributed by atoms with Gasteiger partial charge in [-0.1, -0.05) is 6.07 Å². The fourth-order valence-corrected chi connectivity index (χ4v) is 2.34. The van der Waals surface area contributed by atoms with Gasteiger partial charge in [-0.25, -0.2) is 9.59 Å². The van der Waals surface area contributed by atoms with Gasteiger partial charge in [0.1, 0.15) is 6.61 Å². The number of nitrogens with zero attached hydrogens (tertiary/aromatic N) is 2. The van der Waals surface area contributed by atoms with Gasteiger partial charge in [0.2, 0.25) is 0 Å². The first-order valence-corrected chi connectivity index (χ1v) is 8.29. The highest BCUT2D eigenvalue weighted by molar-refractivity contribution is 5.87. The molecule has 0 amide bonds. The number of esters is 1. The van der Waals surface area contributed by atoms with Crippen LogP contribution >= 0.6 is 0 Å². The standard InChI is InChI=1S/C19H22N2O6/c1-5-26-15-8-6-13(10-16(15)25-4)7-9-18(23)27-12-14-11-17(22)21(3)19(24)20(14)2/h6-11H,5,12H2,1-4H3/b9-7+. The van der Waals surface area contributed by atoms with Crippen molar-refractivity contribution in [3.63, 3.8) is 0 Å². The Morgan fingerprint density at radius 1 is 1.11 bits per heavy atom. The lowest BCUT2D eigenvalue weighted by Gasteiger charge is -2.10. The van der Waals surface area contributed by atoms with Gasteiger partial charge in [-0.2, -0.15) is 0 Å². The van der Waals surface area contributed by atoms with Crippen LogP contribution in [-0.2, 0) is 30.2 Å². The Morgan fingerprint density at radius 3 is 2.52 bits per heavy atom. The zero-order chi connectivity index (χ0) is 20.0. The molecule has 8 nitrogen and oxygen atoms in total. The number of aromatic nitrogens is 2. The highest BCUT2D eigenvalue weighted by Gasteiger charge is 2.08. The third-order valence-electron chi connectivity index (χ3n) is 3.89. The Hall–Kier alpha value is -3.29. The summed E-state index contributed by atoms with van der Waals surface area (Å²) in [6.07, 6.45) is 2.83. The smallest absolute Gasteiger partial charge is 0.331 e. The second kappa shape index (κ2) is 8.88. The average Bonchev–Trinajstić information content (AvgIpc) is 2.67. The van der Waals surface area contributed by atoms with E-state index in [0.29, 0.717) is 23.8 Å². The van der Waals surface area contributed by atoms with E-state index in [-0.39, 0.29) is 6.61 Å². The van der Waals surface area contributed by atoms with E-state index in [1.54, 1.807) is 24.3 Å². The molecule has 1 heterocycles. The van der Waals surface area contributed by atoms with Crippen LogP contribution in [0.3, 0.4) is 0 Å². The molecule has 0 N–H and O–H groups in total. The van der Waals surface area contributed by atoms with Gasteiger partial charge in [0.25, 0.3) is 5.56 Å². The molecule has 0 saturated carbocycles. The summed E-state index contributed by atoms with van der Waals surface area (Å²) < 4.78 is 18.0. The number of rotatable bonds is 7. The molecule has 0 saturated heterocycles. The van der Waals surface area contributed by atoms with E-state index in [1.165, 1.54) is 37.9 Å². The van der Waals surface area contributed by atoms with E-state index >= 15 is 0 Å². The number of benzene rings is 1. The van der Waals surface area contributed by atoms with Gasteiger partial charge in [0.15, 0.2) is 11.5 Å². The summed E-state index contributed by atoms with van der Waals surface area (Å²) in [4.78, 5) is 35.5. The molecule has 144 valence electrons. The van der Waals surface area contributed by atoms with Crippen LogP contribution < -0.4 is 20.7 Å². The molecule has 0 fully saturated rings. The van der Waals surface area contributed by atoms with Gasteiger partial charge in [-0.3, -0.25) is 13.9 Å². The molecule has 0 atom stereocenters. The van der Waals surface area contributed by atoms with Gasteiger partial charge < -0.3 is 14.2 Å². The highest BCUT2D eigenvalue weighted by Crippen LogP contribution is 2.28. The maximum Gasteiger partial charge on any atom is 0.331 e. The number of hydrogen-bond acceptors (Lipinski definition) is 6. The summed E-state index contributed by atoms with van der Waals surface area (Å²) >= 11 is 0. The largest absolute Gasteiger partial charge is 0.493 e. The topological polar surface area (TPSA) is 88.8 Å². The maximum absolute atomic E-state index is 11.9. The van der Waals surface area contributed by atoms with Crippen molar-refractivity contribution in [2.45, 2.75) is 13.5 Å². The van der Waals surface area contributed by atoms with Crippen molar-refractivity contribution in [3.8, 4) is 11.5 Å². The monoisotopic (exact) mass is 374 g/mol. The zero-order valence-corrected chi connectivity index (χ0v) is 15.7. The molecule has 0 radical (unpaired) electrons. The summed E-state index contributed by atoms with van der Waals surface area (Å²) in [6, 6.07) is 6.53. The van der Waals surface area contributed by atoms with Crippen molar-refractivity contribution < 1.29 is 19.0 Å². The van der Waals surface area contributed by atoms with Crippen molar-refractivity contribution in [2.24, 2.45) is 14.1 Å². The second-order valence-corrected chi connectivity index (χ2v) is 5.66. The van der Waals surface area contributed by atoms with Crippen LogP contribution in [0, 0.1) is 0 Å². The quantitative estimate of drug-likeness (QED) is 0.535. The van der Waals surface area contributed by atoms with Crippen LogP contribution in [0.15, 0.2) is 39.9 Å². The minimum absolute atomic E-state index is 0.183. The first-order valence-electron chi connectivity index (χ1n) is 8.29. The Kier molecular flexibility index (Phi) is 6.59. The van der Waals surface area contributed by atoms with E-state index in [1.807, 2.05) is 6.92 Å². The molecule has 0 aliphatic carbocycles. The average molecular weight is 374 g/mol. The van der Waals surface area contributed by atoms with Crippen molar-refractivity contribution in [2.75, 3.05) is 13.7 Å². The molecule has 2 aromatic rings. The highest BCUT2D eigenvalue weighted by atomic mass is 16.5. The molecule has 1 aromatic heterocycles. The fraction of sp³-hybridized carbons (Fsp3) is 0.316. The molecule has 0 bridgehead atoms. The number of hydrogen-bond donors (Lipinski definition) is 0. The molecular weight excluding hydrogens is 352 g/mol. The molecule has 0 unspecified atom stereocenters. The summed E-state index contributed by atoms with van der Waals surface area (Å²) in [5.41, 5.74) is 0.104. The van der Waals surface area contributed by atoms with Gasteiger partial charge in [0, 0.05) is 26.2 Å². The minimum Gasteiger partial charge on any atom is -0.493 e. The van der Waals surface area contributed by atoms with Gasteiger partial charge >= 0.3 is 11.7 Å². The molecule has 0 aliphatic rings. The molecule has 27 heavy (non-hydrogen) atoms. The summed E-state index contributed by atoms with van der Waals surface area (Å²) in [5, 5.41) is 0. The van der Waals surface area contributed by atoms with Gasteiger partial charge in [0.05, 0.1) is 19.4 Å². The van der Waals surface area contributed by atoms with Crippen LogP contribution in [0.4, 0.5) is 0 Å². The van der Waals surface area contributed by atoms with Crippen molar-refractivity contribution in [1.82, 2.24) is 9.13 Å². The van der Waals surface area contributed by atoms with Crippen LogP contribution in [0.2, 0.25) is 0 Å². The lowest BCUT2D eigenvalue weighted by Crippen LogP contribution is -2.38. The van der Waals surface area contributed by atoms with E-state index in [2.05, 4.69) is 0 Å². The maximum atomic E-state index is 11.9. The first kappa shape index (κ1) is 20.0. The van der Waals surface area contributed by atoms with E-state index in [4.69, 9.17) is 14.2 Å². The van der Waals surface area contributed by atoms with E-state index in [9.17, 15) is 14.4 Å². The predicted octanol–water partition coefficient (Wildman–Crippen LogP) is 1.25. The minimum atomic E-state index is -0.601. The Balaban J connectivity index is 2.06. The van der Waals surface area contributed by atoms with Gasteiger partial charge in [-0.15, -0.1) is 0 Å². The van der Waals surface area contributed by atoms with Crippen molar-refractivity contribution in [1.29, 1.82) is 0 Å². The lowest BCUT2D eigenvalue weighted by molar-refractivity contribution is -0.139. The number of carbonyl (C=O) groups is 1.